The average Bonchev–Trinajstić information content (AvgIpc) is 3.45. The molecule has 0 N–H and O–H groups in total. The Morgan fingerprint density at radius 2 is 1.60 bits per heavy atom. The molecule has 0 unspecified atom stereocenters. The summed E-state index contributed by atoms with van der Waals surface area (Å²) in [5, 5.41) is 0. The van der Waals surface area contributed by atoms with Gasteiger partial charge in [0.05, 0.1) is 6.54 Å². The first-order chi connectivity index (χ1) is 14.6. The fraction of sp³-hybridized carbons (Fsp3) is 0.391. The molecule has 0 aliphatic carbocycles. The van der Waals surface area contributed by atoms with Gasteiger partial charge in [0.2, 0.25) is 11.8 Å². The van der Waals surface area contributed by atoms with Crippen LogP contribution in [0.1, 0.15) is 17.7 Å². The van der Waals surface area contributed by atoms with Gasteiger partial charge in [-0.2, -0.15) is 0 Å². The van der Waals surface area contributed by atoms with Crippen LogP contribution in [0.4, 0.5) is 0 Å². The Morgan fingerprint density at radius 1 is 0.900 bits per heavy atom. The maximum absolute atomic E-state index is 12.6. The standard InChI is InChI=1S/C23H26BrN3O2S/c24-19-5-3-18(4-6-19)21-9-7-20(30-21)8-10-22(28)27-15-13-25(14-16-27)17-23(29)26-11-1-2-12-26/h3-10H,1-2,11-17H2/b10-8+. The Balaban J connectivity index is 1.26. The second-order valence-corrected chi connectivity index (χ2v) is 9.76. The summed E-state index contributed by atoms with van der Waals surface area (Å²) in [4.78, 5) is 33.1. The molecule has 2 fully saturated rings. The molecule has 2 aromatic rings. The number of rotatable bonds is 5. The zero-order valence-electron chi connectivity index (χ0n) is 16.9. The van der Waals surface area contributed by atoms with Crippen LogP contribution in [0, 0.1) is 0 Å². The lowest BCUT2D eigenvalue weighted by atomic mass is 10.2. The van der Waals surface area contributed by atoms with E-state index in [1.54, 1.807) is 17.4 Å². The van der Waals surface area contributed by atoms with Gasteiger partial charge in [0.25, 0.3) is 0 Å². The molecule has 2 saturated heterocycles. The molecule has 1 aromatic heterocycles. The molecule has 2 aliphatic heterocycles. The molecule has 4 rings (SSSR count). The first-order valence-corrected chi connectivity index (χ1v) is 12.0. The predicted molar refractivity (Wildman–Crippen MR) is 125 cm³/mol. The van der Waals surface area contributed by atoms with Gasteiger partial charge in [-0.3, -0.25) is 14.5 Å². The molecule has 7 heteroatoms. The molecule has 30 heavy (non-hydrogen) atoms. The summed E-state index contributed by atoms with van der Waals surface area (Å²) in [5.41, 5.74) is 1.17. The van der Waals surface area contributed by atoms with Crippen LogP contribution < -0.4 is 0 Å². The van der Waals surface area contributed by atoms with Crippen LogP contribution in [-0.4, -0.2) is 72.3 Å². The smallest absolute Gasteiger partial charge is 0.246 e. The second kappa shape index (κ2) is 9.90. The van der Waals surface area contributed by atoms with Crippen molar-refractivity contribution in [3.05, 3.63) is 51.8 Å². The van der Waals surface area contributed by atoms with E-state index in [1.807, 2.05) is 34.1 Å². The van der Waals surface area contributed by atoms with E-state index in [-0.39, 0.29) is 11.8 Å². The van der Waals surface area contributed by atoms with Crippen molar-refractivity contribution in [2.45, 2.75) is 12.8 Å². The van der Waals surface area contributed by atoms with Crippen molar-refractivity contribution in [3.63, 3.8) is 0 Å². The van der Waals surface area contributed by atoms with E-state index in [0.29, 0.717) is 19.6 Å². The number of halogens is 1. The van der Waals surface area contributed by atoms with Crippen molar-refractivity contribution >= 4 is 45.2 Å². The van der Waals surface area contributed by atoms with Crippen LogP contribution in [0.5, 0.6) is 0 Å². The van der Waals surface area contributed by atoms with E-state index in [1.165, 1.54) is 10.4 Å². The molecular weight excluding hydrogens is 462 g/mol. The molecule has 5 nitrogen and oxygen atoms in total. The Morgan fingerprint density at radius 3 is 2.30 bits per heavy atom. The number of carbonyl (C=O) groups excluding carboxylic acids is 2. The molecule has 3 heterocycles. The number of benzene rings is 1. The molecule has 2 aliphatic rings. The first kappa shape index (κ1) is 21.3. The first-order valence-electron chi connectivity index (χ1n) is 10.4. The number of carbonyl (C=O) groups is 2. The Hall–Kier alpha value is -1.96. The third kappa shape index (κ3) is 5.39. The van der Waals surface area contributed by atoms with Crippen molar-refractivity contribution in [1.82, 2.24) is 14.7 Å². The topological polar surface area (TPSA) is 43.9 Å². The van der Waals surface area contributed by atoms with Crippen LogP contribution in [0.3, 0.4) is 0 Å². The lowest BCUT2D eigenvalue weighted by Gasteiger charge is -2.34. The van der Waals surface area contributed by atoms with Gasteiger partial charge in [-0.1, -0.05) is 28.1 Å². The molecule has 0 saturated carbocycles. The van der Waals surface area contributed by atoms with E-state index in [4.69, 9.17) is 0 Å². The fourth-order valence-electron chi connectivity index (χ4n) is 3.85. The minimum atomic E-state index is 0.0408. The van der Waals surface area contributed by atoms with Crippen molar-refractivity contribution < 1.29 is 9.59 Å². The van der Waals surface area contributed by atoms with E-state index in [2.05, 4.69) is 39.0 Å². The molecule has 158 valence electrons. The van der Waals surface area contributed by atoms with Crippen LogP contribution in [0.25, 0.3) is 16.5 Å². The van der Waals surface area contributed by atoms with Gasteiger partial charge in [-0.25, -0.2) is 0 Å². The van der Waals surface area contributed by atoms with Crippen molar-refractivity contribution in [2.24, 2.45) is 0 Å². The summed E-state index contributed by atoms with van der Waals surface area (Å²) in [6, 6.07) is 12.4. The minimum Gasteiger partial charge on any atom is -0.342 e. The van der Waals surface area contributed by atoms with Crippen LogP contribution in [-0.2, 0) is 9.59 Å². The van der Waals surface area contributed by atoms with Gasteiger partial charge in [0.15, 0.2) is 0 Å². The van der Waals surface area contributed by atoms with Gasteiger partial charge in [0, 0.05) is 59.6 Å². The molecule has 0 atom stereocenters. The quantitative estimate of drug-likeness (QED) is 0.599. The van der Waals surface area contributed by atoms with Gasteiger partial charge in [-0.05, 0) is 48.7 Å². The van der Waals surface area contributed by atoms with E-state index >= 15 is 0 Å². The monoisotopic (exact) mass is 487 g/mol. The largest absolute Gasteiger partial charge is 0.342 e. The summed E-state index contributed by atoms with van der Waals surface area (Å²) < 4.78 is 1.06. The van der Waals surface area contributed by atoms with E-state index in [0.717, 1.165) is 48.4 Å². The van der Waals surface area contributed by atoms with Crippen molar-refractivity contribution in [3.8, 4) is 10.4 Å². The van der Waals surface area contributed by atoms with Gasteiger partial charge < -0.3 is 9.80 Å². The molecule has 0 spiro atoms. The van der Waals surface area contributed by atoms with E-state index in [9.17, 15) is 9.59 Å². The molecule has 1 aromatic carbocycles. The number of piperazine rings is 1. The van der Waals surface area contributed by atoms with E-state index < -0.39 is 0 Å². The lowest BCUT2D eigenvalue weighted by molar-refractivity contribution is -0.132. The second-order valence-electron chi connectivity index (χ2n) is 7.73. The van der Waals surface area contributed by atoms with Crippen LogP contribution >= 0.6 is 27.3 Å². The number of likely N-dealkylation sites (tertiary alicyclic amines) is 1. The normalized spacial score (nSPS) is 17.8. The zero-order chi connectivity index (χ0) is 20.9. The third-order valence-electron chi connectivity index (χ3n) is 5.65. The van der Waals surface area contributed by atoms with Crippen LogP contribution in [0.2, 0.25) is 0 Å². The van der Waals surface area contributed by atoms with Crippen molar-refractivity contribution in [2.75, 3.05) is 45.8 Å². The van der Waals surface area contributed by atoms with Crippen molar-refractivity contribution in [1.29, 1.82) is 0 Å². The maximum Gasteiger partial charge on any atom is 0.246 e. The number of thiophene rings is 1. The average molecular weight is 488 g/mol. The highest BCUT2D eigenvalue weighted by Crippen LogP contribution is 2.29. The lowest BCUT2D eigenvalue weighted by Crippen LogP contribution is -2.51. The summed E-state index contributed by atoms with van der Waals surface area (Å²) in [6.07, 6.45) is 5.81. The Labute approximate surface area is 190 Å². The zero-order valence-corrected chi connectivity index (χ0v) is 19.3. The number of hydrogen-bond acceptors (Lipinski definition) is 4. The Bertz CT molecular complexity index is 911. The molecular formula is C23H26BrN3O2S. The SMILES string of the molecule is O=C(/C=C/c1ccc(-c2ccc(Br)cc2)s1)N1CCN(CC(=O)N2CCCC2)CC1. The highest BCUT2D eigenvalue weighted by molar-refractivity contribution is 9.10. The highest BCUT2D eigenvalue weighted by atomic mass is 79.9. The predicted octanol–water partition coefficient (Wildman–Crippen LogP) is 3.96. The minimum absolute atomic E-state index is 0.0408. The fourth-order valence-corrected chi connectivity index (χ4v) is 5.04. The summed E-state index contributed by atoms with van der Waals surface area (Å²) >= 11 is 5.14. The summed E-state index contributed by atoms with van der Waals surface area (Å²) in [5.74, 6) is 0.269. The number of hydrogen-bond donors (Lipinski definition) is 0. The molecule has 0 radical (unpaired) electrons. The van der Waals surface area contributed by atoms with Crippen LogP contribution in [0.15, 0.2) is 46.9 Å². The third-order valence-corrected chi connectivity index (χ3v) is 7.28. The van der Waals surface area contributed by atoms with Gasteiger partial charge in [0.1, 0.15) is 0 Å². The highest BCUT2D eigenvalue weighted by Gasteiger charge is 2.24. The molecule has 0 bridgehead atoms. The number of nitrogens with zero attached hydrogens (tertiary/aromatic N) is 3. The summed E-state index contributed by atoms with van der Waals surface area (Å²) in [7, 11) is 0. The summed E-state index contributed by atoms with van der Waals surface area (Å²) in [6.45, 7) is 5.13. The molecule has 2 amide bonds. The Kier molecular flexibility index (Phi) is 7.02. The maximum atomic E-state index is 12.6. The van der Waals surface area contributed by atoms with Gasteiger partial charge in [-0.15, -0.1) is 11.3 Å². The number of amides is 2. The van der Waals surface area contributed by atoms with Gasteiger partial charge >= 0.3 is 0 Å².